The number of nitrogens with one attached hydrogen (secondary N) is 1. The highest BCUT2D eigenvalue weighted by molar-refractivity contribution is 14.1. The van der Waals surface area contributed by atoms with Crippen LogP contribution in [0.2, 0.25) is 0 Å². The standard InChI is InChI=1S/C17H24IN3/c1-4-10-19-16(9-8-14-11-20-21(3)12-14)15-7-5-6-13(2)17(15)18/h5-7,11-12,16,19H,4,8-10H2,1-3H3. The molecule has 3 nitrogen and oxygen atoms in total. The van der Waals surface area contributed by atoms with Gasteiger partial charge in [-0.05, 0) is 72.0 Å². The van der Waals surface area contributed by atoms with Crippen molar-refractivity contribution in [3.05, 3.63) is 50.9 Å². The fourth-order valence-corrected chi connectivity index (χ4v) is 3.27. The van der Waals surface area contributed by atoms with Crippen LogP contribution in [-0.2, 0) is 13.5 Å². The Labute approximate surface area is 141 Å². The van der Waals surface area contributed by atoms with E-state index in [2.05, 4.69) is 71.2 Å². The molecule has 0 aliphatic carbocycles. The number of aryl methyl sites for hydroxylation is 3. The Kier molecular flexibility index (Phi) is 6.23. The summed E-state index contributed by atoms with van der Waals surface area (Å²) in [5.41, 5.74) is 4.09. The first kappa shape index (κ1) is 16.5. The summed E-state index contributed by atoms with van der Waals surface area (Å²) < 4.78 is 3.26. The largest absolute Gasteiger partial charge is 0.310 e. The zero-order valence-electron chi connectivity index (χ0n) is 13.1. The summed E-state index contributed by atoms with van der Waals surface area (Å²) in [6, 6.07) is 7.02. The van der Waals surface area contributed by atoms with Crippen molar-refractivity contribution in [1.82, 2.24) is 15.1 Å². The van der Waals surface area contributed by atoms with E-state index < -0.39 is 0 Å². The molecule has 4 heteroatoms. The van der Waals surface area contributed by atoms with Gasteiger partial charge in [-0.25, -0.2) is 0 Å². The van der Waals surface area contributed by atoms with Crippen molar-refractivity contribution in [3.8, 4) is 0 Å². The van der Waals surface area contributed by atoms with Gasteiger partial charge in [-0.2, -0.15) is 5.10 Å². The molecular formula is C17H24IN3. The fraction of sp³-hybridized carbons (Fsp3) is 0.471. The van der Waals surface area contributed by atoms with Gasteiger partial charge in [0.15, 0.2) is 0 Å². The lowest BCUT2D eigenvalue weighted by molar-refractivity contribution is 0.497. The Morgan fingerprint density at radius 3 is 2.86 bits per heavy atom. The second kappa shape index (κ2) is 7.94. The maximum Gasteiger partial charge on any atom is 0.0521 e. The van der Waals surface area contributed by atoms with Gasteiger partial charge in [0, 0.05) is 22.9 Å². The molecule has 1 unspecified atom stereocenters. The van der Waals surface area contributed by atoms with Gasteiger partial charge in [0.05, 0.1) is 6.20 Å². The lowest BCUT2D eigenvalue weighted by Crippen LogP contribution is -2.23. The lowest BCUT2D eigenvalue weighted by Gasteiger charge is -2.21. The first-order valence-corrected chi connectivity index (χ1v) is 8.65. The van der Waals surface area contributed by atoms with Crippen LogP contribution in [0.25, 0.3) is 0 Å². The Morgan fingerprint density at radius 1 is 1.38 bits per heavy atom. The number of hydrogen-bond donors (Lipinski definition) is 1. The first-order valence-electron chi connectivity index (χ1n) is 7.57. The zero-order valence-corrected chi connectivity index (χ0v) is 15.2. The molecule has 2 aromatic rings. The van der Waals surface area contributed by atoms with E-state index >= 15 is 0 Å². The summed E-state index contributed by atoms with van der Waals surface area (Å²) in [5, 5.41) is 7.95. The van der Waals surface area contributed by atoms with Crippen molar-refractivity contribution in [1.29, 1.82) is 0 Å². The molecule has 0 saturated heterocycles. The molecule has 0 bridgehead atoms. The molecular weight excluding hydrogens is 373 g/mol. The van der Waals surface area contributed by atoms with E-state index in [1.54, 1.807) is 0 Å². The van der Waals surface area contributed by atoms with E-state index in [1.807, 2.05) is 17.9 Å². The summed E-state index contributed by atoms with van der Waals surface area (Å²) in [7, 11) is 1.97. The number of rotatable bonds is 7. The minimum absolute atomic E-state index is 0.414. The molecule has 114 valence electrons. The topological polar surface area (TPSA) is 29.9 Å². The van der Waals surface area contributed by atoms with Crippen molar-refractivity contribution in [2.75, 3.05) is 6.54 Å². The highest BCUT2D eigenvalue weighted by Crippen LogP contribution is 2.26. The number of halogens is 1. The monoisotopic (exact) mass is 397 g/mol. The van der Waals surface area contributed by atoms with Gasteiger partial charge < -0.3 is 5.32 Å². The Bertz CT molecular complexity index is 577. The predicted octanol–water partition coefficient (Wildman–Crippen LogP) is 4.01. The average molecular weight is 397 g/mol. The van der Waals surface area contributed by atoms with Crippen LogP contribution in [0.4, 0.5) is 0 Å². The molecule has 0 amide bonds. The highest BCUT2D eigenvalue weighted by atomic mass is 127. The summed E-state index contributed by atoms with van der Waals surface area (Å²) in [5.74, 6) is 0. The van der Waals surface area contributed by atoms with Gasteiger partial charge in [0.1, 0.15) is 0 Å². The third kappa shape index (κ3) is 4.54. The molecule has 1 heterocycles. The third-order valence-electron chi connectivity index (χ3n) is 3.72. The van der Waals surface area contributed by atoms with Crippen molar-refractivity contribution < 1.29 is 0 Å². The van der Waals surface area contributed by atoms with Crippen molar-refractivity contribution in [2.45, 2.75) is 39.2 Å². The molecule has 0 radical (unpaired) electrons. The Morgan fingerprint density at radius 2 is 2.19 bits per heavy atom. The van der Waals surface area contributed by atoms with E-state index in [4.69, 9.17) is 0 Å². The van der Waals surface area contributed by atoms with Crippen molar-refractivity contribution in [2.24, 2.45) is 7.05 Å². The molecule has 21 heavy (non-hydrogen) atoms. The Hall–Kier alpha value is -0.880. The molecule has 1 aromatic carbocycles. The maximum absolute atomic E-state index is 4.26. The summed E-state index contributed by atoms with van der Waals surface area (Å²) in [6.45, 7) is 5.46. The second-order valence-corrected chi connectivity index (χ2v) is 6.62. The van der Waals surface area contributed by atoms with Crippen LogP contribution in [0.3, 0.4) is 0 Å². The van der Waals surface area contributed by atoms with Crippen LogP contribution < -0.4 is 5.32 Å². The molecule has 1 N–H and O–H groups in total. The van der Waals surface area contributed by atoms with E-state index in [0.29, 0.717) is 6.04 Å². The molecule has 2 rings (SSSR count). The van der Waals surface area contributed by atoms with Crippen LogP contribution in [0.5, 0.6) is 0 Å². The fourth-order valence-electron chi connectivity index (χ4n) is 2.54. The van der Waals surface area contributed by atoms with Crippen molar-refractivity contribution >= 4 is 22.6 Å². The van der Waals surface area contributed by atoms with Gasteiger partial charge in [-0.3, -0.25) is 4.68 Å². The van der Waals surface area contributed by atoms with Crippen LogP contribution in [0.1, 0.15) is 42.5 Å². The smallest absolute Gasteiger partial charge is 0.0521 e. The quantitative estimate of drug-likeness (QED) is 0.716. The number of nitrogens with zero attached hydrogens (tertiary/aromatic N) is 2. The SMILES string of the molecule is CCCNC(CCc1cnn(C)c1)c1cccc(C)c1I. The zero-order chi connectivity index (χ0) is 15.2. The van der Waals surface area contributed by atoms with Gasteiger partial charge in [0.2, 0.25) is 0 Å². The predicted molar refractivity (Wildman–Crippen MR) is 96.5 cm³/mol. The normalized spacial score (nSPS) is 12.6. The molecule has 0 saturated carbocycles. The van der Waals surface area contributed by atoms with Gasteiger partial charge >= 0.3 is 0 Å². The number of benzene rings is 1. The number of aromatic nitrogens is 2. The Balaban J connectivity index is 2.11. The maximum atomic E-state index is 4.26. The molecule has 1 aromatic heterocycles. The molecule has 0 fully saturated rings. The van der Waals surface area contributed by atoms with Crippen LogP contribution >= 0.6 is 22.6 Å². The van der Waals surface area contributed by atoms with E-state index in [9.17, 15) is 0 Å². The molecule has 0 spiro atoms. The molecule has 0 aliphatic heterocycles. The van der Waals surface area contributed by atoms with Gasteiger partial charge in [-0.15, -0.1) is 0 Å². The van der Waals surface area contributed by atoms with Crippen LogP contribution in [0, 0.1) is 10.5 Å². The van der Waals surface area contributed by atoms with Crippen molar-refractivity contribution in [3.63, 3.8) is 0 Å². The molecule has 1 atom stereocenters. The third-order valence-corrected chi connectivity index (χ3v) is 5.19. The van der Waals surface area contributed by atoms with E-state index in [0.717, 1.165) is 25.8 Å². The minimum Gasteiger partial charge on any atom is -0.310 e. The lowest BCUT2D eigenvalue weighted by atomic mass is 9.98. The summed E-state index contributed by atoms with van der Waals surface area (Å²) in [4.78, 5) is 0. The minimum atomic E-state index is 0.414. The second-order valence-electron chi connectivity index (χ2n) is 5.55. The van der Waals surface area contributed by atoms with Crippen LogP contribution in [0.15, 0.2) is 30.6 Å². The number of hydrogen-bond acceptors (Lipinski definition) is 2. The van der Waals surface area contributed by atoms with Crippen LogP contribution in [-0.4, -0.2) is 16.3 Å². The molecule has 0 aliphatic rings. The summed E-state index contributed by atoms with van der Waals surface area (Å²) in [6.07, 6.45) is 7.40. The average Bonchev–Trinajstić information content (AvgIpc) is 2.88. The first-order chi connectivity index (χ1) is 10.1. The summed E-state index contributed by atoms with van der Waals surface area (Å²) >= 11 is 2.47. The van der Waals surface area contributed by atoms with Gasteiger partial charge in [-0.1, -0.05) is 25.1 Å². The van der Waals surface area contributed by atoms with E-state index in [1.165, 1.54) is 20.3 Å². The highest BCUT2D eigenvalue weighted by Gasteiger charge is 2.15. The van der Waals surface area contributed by atoms with Gasteiger partial charge in [0.25, 0.3) is 0 Å². The van der Waals surface area contributed by atoms with E-state index in [-0.39, 0.29) is 0 Å².